The number of hydrogen-bond donors (Lipinski definition) is 2. The Balaban J connectivity index is 2.43. The Morgan fingerprint density at radius 2 is 2.15 bits per heavy atom. The van der Waals surface area contributed by atoms with Gasteiger partial charge in [-0.15, -0.1) is 0 Å². The first kappa shape index (κ1) is 14.3. The Labute approximate surface area is 116 Å². The van der Waals surface area contributed by atoms with E-state index >= 15 is 0 Å². The second-order valence-electron chi connectivity index (χ2n) is 5.33. The molecule has 1 aromatic carbocycles. The first-order chi connectivity index (χ1) is 9.38. The summed E-state index contributed by atoms with van der Waals surface area (Å²) in [5.41, 5.74) is 11.9. The van der Waals surface area contributed by atoms with Crippen molar-refractivity contribution in [2.75, 3.05) is 18.0 Å². The number of nitro groups is 1. The maximum Gasteiger partial charge on any atom is 0.292 e. The van der Waals surface area contributed by atoms with Crippen LogP contribution in [0.15, 0.2) is 18.2 Å². The lowest BCUT2D eigenvalue weighted by molar-refractivity contribution is -0.384. The van der Waals surface area contributed by atoms with Gasteiger partial charge in [0.2, 0.25) is 5.91 Å². The summed E-state index contributed by atoms with van der Waals surface area (Å²) in [6, 6.07) is 4.14. The van der Waals surface area contributed by atoms with Gasteiger partial charge in [-0.05, 0) is 24.5 Å². The number of hydrogen-bond acceptors (Lipinski definition) is 5. The van der Waals surface area contributed by atoms with Crippen LogP contribution in [0.3, 0.4) is 0 Å². The third-order valence-corrected chi connectivity index (χ3v) is 3.49. The van der Waals surface area contributed by atoms with Crippen molar-refractivity contribution in [1.82, 2.24) is 0 Å². The van der Waals surface area contributed by atoms with Gasteiger partial charge >= 0.3 is 0 Å². The average Bonchev–Trinajstić information content (AvgIpc) is 2.36. The van der Waals surface area contributed by atoms with E-state index in [1.807, 2.05) is 4.90 Å². The highest BCUT2D eigenvalue weighted by molar-refractivity contribution is 5.94. The SMILES string of the molecule is CC1CC(N)CN(c2cc(C(N)=O)ccc2[N+](=O)[O-])C1. The summed E-state index contributed by atoms with van der Waals surface area (Å²) < 4.78 is 0. The van der Waals surface area contributed by atoms with Crippen molar-refractivity contribution < 1.29 is 9.72 Å². The van der Waals surface area contributed by atoms with Crippen molar-refractivity contribution >= 4 is 17.3 Å². The minimum Gasteiger partial charge on any atom is -0.366 e. The lowest BCUT2D eigenvalue weighted by Crippen LogP contribution is -2.46. The second kappa shape index (κ2) is 5.46. The summed E-state index contributed by atoms with van der Waals surface area (Å²) in [7, 11) is 0. The molecule has 4 N–H and O–H groups in total. The highest BCUT2D eigenvalue weighted by atomic mass is 16.6. The molecule has 108 valence electrons. The minimum atomic E-state index is -0.601. The van der Waals surface area contributed by atoms with E-state index in [1.165, 1.54) is 18.2 Å². The van der Waals surface area contributed by atoms with Crippen LogP contribution in [0.5, 0.6) is 0 Å². The molecule has 1 aliphatic rings. The van der Waals surface area contributed by atoms with Gasteiger partial charge in [-0.25, -0.2) is 0 Å². The van der Waals surface area contributed by atoms with Gasteiger partial charge in [-0.2, -0.15) is 0 Å². The molecule has 1 aromatic rings. The van der Waals surface area contributed by atoms with E-state index in [9.17, 15) is 14.9 Å². The predicted octanol–water partition coefficient (Wildman–Crippen LogP) is 0.867. The molecule has 0 radical (unpaired) electrons. The van der Waals surface area contributed by atoms with Crippen LogP contribution in [0.25, 0.3) is 0 Å². The molecule has 2 unspecified atom stereocenters. The third kappa shape index (κ3) is 2.88. The summed E-state index contributed by atoms with van der Waals surface area (Å²) in [6.07, 6.45) is 0.889. The van der Waals surface area contributed by atoms with Crippen LogP contribution in [0.4, 0.5) is 11.4 Å². The van der Waals surface area contributed by atoms with Crippen molar-refractivity contribution in [3.8, 4) is 0 Å². The third-order valence-electron chi connectivity index (χ3n) is 3.49. The van der Waals surface area contributed by atoms with E-state index in [0.29, 0.717) is 24.7 Å². The van der Waals surface area contributed by atoms with Crippen LogP contribution in [0.2, 0.25) is 0 Å². The normalized spacial score (nSPS) is 22.6. The molecule has 0 spiro atoms. The largest absolute Gasteiger partial charge is 0.366 e. The van der Waals surface area contributed by atoms with E-state index in [2.05, 4.69) is 6.92 Å². The van der Waals surface area contributed by atoms with Crippen LogP contribution in [0.1, 0.15) is 23.7 Å². The zero-order valence-corrected chi connectivity index (χ0v) is 11.3. The van der Waals surface area contributed by atoms with Crippen molar-refractivity contribution in [2.45, 2.75) is 19.4 Å². The fourth-order valence-corrected chi connectivity index (χ4v) is 2.68. The fraction of sp³-hybridized carbons (Fsp3) is 0.462. The molecule has 0 saturated carbocycles. The van der Waals surface area contributed by atoms with Gasteiger partial charge in [0, 0.05) is 30.8 Å². The smallest absolute Gasteiger partial charge is 0.292 e. The van der Waals surface area contributed by atoms with Gasteiger partial charge in [0.1, 0.15) is 5.69 Å². The summed E-state index contributed by atoms with van der Waals surface area (Å²) >= 11 is 0. The Bertz CT molecular complexity index is 536. The van der Waals surface area contributed by atoms with Crippen LogP contribution in [-0.2, 0) is 0 Å². The lowest BCUT2D eigenvalue weighted by atomic mass is 9.95. The number of rotatable bonds is 3. The number of benzene rings is 1. The van der Waals surface area contributed by atoms with E-state index in [-0.39, 0.29) is 17.3 Å². The first-order valence-electron chi connectivity index (χ1n) is 6.47. The number of piperidine rings is 1. The lowest BCUT2D eigenvalue weighted by Gasteiger charge is -2.36. The van der Waals surface area contributed by atoms with E-state index in [4.69, 9.17) is 11.5 Å². The number of nitrogens with two attached hydrogens (primary N) is 2. The maximum absolute atomic E-state index is 11.3. The Kier molecular flexibility index (Phi) is 3.89. The Morgan fingerprint density at radius 1 is 1.45 bits per heavy atom. The van der Waals surface area contributed by atoms with Crippen LogP contribution >= 0.6 is 0 Å². The van der Waals surface area contributed by atoms with Gasteiger partial charge in [0.15, 0.2) is 0 Å². The van der Waals surface area contributed by atoms with Gasteiger partial charge < -0.3 is 16.4 Å². The molecule has 7 nitrogen and oxygen atoms in total. The molecular weight excluding hydrogens is 260 g/mol. The zero-order valence-electron chi connectivity index (χ0n) is 11.3. The number of carbonyl (C=O) groups excluding carboxylic acids is 1. The van der Waals surface area contributed by atoms with E-state index < -0.39 is 10.8 Å². The minimum absolute atomic E-state index is 0.0312. The zero-order chi connectivity index (χ0) is 14.9. The molecule has 0 aliphatic carbocycles. The van der Waals surface area contributed by atoms with E-state index in [0.717, 1.165) is 6.42 Å². The molecule has 1 heterocycles. The topological polar surface area (TPSA) is 115 Å². The summed E-state index contributed by atoms with van der Waals surface area (Å²) in [6.45, 7) is 3.26. The number of anilines is 1. The first-order valence-corrected chi connectivity index (χ1v) is 6.47. The van der Waals surface area contributed by atoms with Crippen LogP contribution < -0.4 is 16.4 Å². The standard InChI is InChI=1S/C13H18N4O3/c1-8-4-10(14)7-16(6-8)12-5-9(13(15)18)2-3-11(12)17(19)20/h2-3,5,8,10H,4,6-7,14H2,1H3,(H2,15,18). The highest BCUT2D eigenvalue weighted by Crippen LogP contribution is 2.32. The highest BCUT2D eigenvalue weighted by Gasteiger charge is 2.27. The average molecular weight is 278 g/mol. The Morgan fingerprint density at radius 3 is 2.70 bits per heavy atom. The van der Waals surface area contributed by atoms with Crippen molar-refractivity contribution in [3.05, 3.63) is 33.9 Å². The second-order valence-corrected chi connectivity index (χ2v) is 5.33. The fourth-order valence-electron chi connectivity index (χ4n) is 2.68. The quantitative estimate of drug-likeness (QED) is 0.628. The molecule has 0 bridgehead atoms. The number of carbonyl (C=O) groups is 1. The van der Waals surface area contributed by atoms with Gasteiger partial charge in [-0.1, -0.05) is 6.92 Å². The summed E-state index contributed by atoms with van der Waals surface area (Å²) in [4.78, 5) is 23.8. The van der Waals surface area contributed by atoms with E-state index in [1.54, 1.807) is 0 Å². The van der Waals surface area contributed by atoms with Gasteiger partial charge in [-0.3, -0.25) is 14.9 Å². The van der Waals surface area contributed by atoms with Crippen molar-refractivity contribution in [2.24, 2.45) is 17.4 Å². The maximum atomic E-state index is 11.3. The molecule has 2 atom stereocenters. The molecule has 0 aromatic heterocycles. The number of nitro benzene ring substituents is 1. The molecule has 1 fully saturated rings. The molecule has 20 heavy (non-hydrogen) atoms. The number of amides is 1. The van der Waals surface area contributed by atoms with Crippen LogP contribution in [-0.4, -0.2) is 30.0 Å². The number of primary amides is 1. The monoisotopic (exact) mass is 278 g/mol. The van der Waals surface area contributed by atoms with Crippen molar-refractivity contribution in [1.29, 1.82) is 0 Å². The molecule has 1 amide bonds. The molecular formula is C13H18N4O3. The molecule has 7 heteroatoms. The molecule has 2 rings (SSSR count). The summed E-state index contributed by atoms with van der Waals surface area (Å²) in [5, 5.41) is 11.1. The van der Waals surface area contributed by atoms with Gasteiger partial charge in [0.05, 0.1) is 4.92 Å². The van der Waals surface area contributed by atoms with Gasteiger partial charge in [0.25, 0.3) is 5.69 Å². The summed E-state index contributed by atoms with van der Waals surface area (Å²) in [5.74, 6) is -0.258. The van der Waals surface area contributed by atoms with Crippen LogP contribution in [0, 0.1) is 16.0 Å². The molecule has 1 saturated heterocycles. The number of nitrogens with zero attached hydrogens (tertiary/aromatic N) is 2. The van der Waals surface area contributed by atoms with Crippen molar-refractivity contribution in [3.63, 3.8) is 0 Å². The Hall–Kier alpha value is -2.15. The predicted molar refractivity (Wildman–Crippen MR) is 75.6 cm³/mol. The molecule has 1 aliphatic heterocycles.